The van der Waals surface area contributed by atoms with Crippen LogP contribution in [0.3, 0.4) is 0 Å². The van der Waals surface area contributed by atoms with Crippen molar-refractivity contribution in [1.29, 1.82) is 0 Å². The van der Waals surface area contributed by atoms with Gasteiger partial charge in [0.15, 0.2) is 0 Å². The third kappa shape index (κ3) is 4.18. The number of hydrogen-bond donors (Lipinski definition) is 0. The summed E-state index contributed by atoms with van der Waals surface area (Å²) in [6, 6.07) is 0.724. The number of ether oxygens (including phenoxy) is 1. The second-order valence-electron chi connectivity index (χ2n) is 10.9. The number of piperazine rings is 1. The van der Waals surface area contributed by atoms with Crippen LogP contribution in [0.15, 0.2) is 12.5 Å². The Morgan fingerprint density at radius 3 is 2.47 bits per heavy atom. The second kappa shape index (κ2) is 8.23. The van der Waals surface area contributed by atoms with Crippen molar-refractivity contribution in [2.24, 2.45) is 0 Å². The molecule has 2 aliphatic carbocycles. The van der Waals surface area contributed by atoms with Gasteiger partial charge in [-0.1, -0.05) is 19.3 Å². The highest BCUT2D eigenvalue weighted by molar-refractivity contribution is 5.92. The van der Waals surface area contributed by atoms with E-state index in [2.05, 4.69) is 22.6 Å². The molecule has 0 bridgehead atoms. The summed E-state index contributed by atoms with van der Waals surface area (Å²) in [4.78, 5) is 26.4. The third-order valence-corrected chi connectivity index (χ3v) is 7.16. The Morgan fingerprint density at radius 1 is 1.06 bits per heavy atom. The smallest absolute Gasteiger partial charge is 0.410 e. The first-order valence-electron chi connectivity index (χ1n) is 12.4. The molecule has 0 spiro atoms. The predicted molar refractivity (Wildman–Crippen MR) is 126 cm³/mol. The lowest BCUT2D eigenvalue weighted by Crippen LogP contribution is -2.54. The van der Waals surface area contributed by atoms with Gasteiger partial charge >= 0.3 is 6.09 Å². The van der Waals surface area contributed by atoms with Crippen molar-refractivity contribution in [3.63, 3.8) is 0 Å². The van der Waals surface area contributed by atoms with Crippen molar-refractivity contribution in [3.05, 3.63) is 18.1 Å². The fraction of sp³-hybridized carbons (Fsp3) is 0.720. The van der Waals surface area contributed by atoms with Gasteiger partial charge in [-0.25, -0.2) is 14.8 Å². The molecule has 1 atom stereocenters. The fourth-order valence-corrected chi connectivity index (χ4v) is 5.42. The largest absolute Gasteiger partial charge is 0.444 e. The normalized spacial score (nSPS) is 23.1. The summed E-state index contributed by atoms with van der Waals surface area (Å²) in [7, 11) is 0. The lowest BCUT2D eigenvalue weighted by Gasteiger charge is -2.41. The van der Waals surface area contributed by atoms with Gasteiger partial charge in [0.1, 0.15) is 23.4 Å². The van der Waals surface area contributed by atoms with E-state index in [0.717, 1.165) is 18.0 Å². The monoisotopic (exact) mass is 439 g/mol. The number of aromatic nitrogens is 3. The summed E-state index contributed by atoms with van der Waals surface area (Å²) in [5.41, 5.74) is 2.06. The molecule has 7 nitrogen and oxygen atoms in total. The van der Waals surface area contributed by atoms with E-state index in [1.54, 1.807) is 6.33 Å². The van der Waals surface area contributed by atoms with Gasteiger partial charge in [-0.3, -0.25) is 0 Å². The Hall–Kier alpha value is -2.31. The maximum absolute atomic E-state index is 12.6. The van der Waals surface area contributed by atoms with Crippen LogP contribution in [0.2, 0.25) is 0 Å². The zero-order chi connectivity index (χ0) is 22.5. The molecule has 1 amide bonds. The molecule has 1 unspecified atom stereocenters. The SMILES string of the molecule is CC1CN(C(=O)OC(C)(C)C)CCN1c1ncnc2c1c(C1CC1)cn2C1CCCCC1. The van der Waals surface area contributed by atoms with E-state index in [1.165, 1.54) is 55.9 Å². The summed E-state index contributed by atoms with van der Waals surface area (Å²) in [5, 5.41) is 1.25. The van der Waals surface area contributed by atoms with Crippen molar-refractivity contribution in [2.75, 3.05) is 24.5 Å². The standard InChI is InChI=1S/C25H37N5O2/c1-17-14-28(24(31)32-25(2,3)4)12-13-29(17)22-21-20(18-10-11-18)15-30(23(21)27-16-26-22)19-8-6-5-7-9-19/h15-19H,5-14H2,1-4H3. The lowest BCUT2D eigenvalue weighted by atomic mass is 9.95. The Kier molecular flexibility index (Phi) is 5.54. The number of amides is 1. The van der Waals surface area contributed by atoms with Gasteiger partial charge in [-0.2, -0.15) is 0 Å². The summed E-state index contributed by atoms with van der Waals surface area (Å²) >= 11 is 0. The van der Waals surface area contributed by atoms with E-state index in [0.29, 0.717) is 25.0 Å². The summed E-state index contributed by atoms with van der Waals surface area (Å²) < 4.78 is 8.07. The molecule has 2 aromatic rings. The van der Waals surface area contributed by atoms with E-state index in [-0.39, 0.29) is 12.1 Å². The number of hydrogen-bond acceptors (Lipinski definition) is 5. The zero-order valence-electron chi connectivity index (χ0n) is 20.0. The van der Waals surface area contributed by atoms with Crippen molar-refractivity contribution in [3.8, 4) is 0 Å². The molecule has 5 rings (SSSR count). The highest BCUT2D eigenvalue weighted by Crippen LogP contribution is 2.47. The van der Waals surface area contributed by atoms with E-state index in [9.17, 15) is 4.79 Å². The summed E-state index contributed by atoms with van der Waals surface area (Å²) in [5.74, 6) is 1.69. The van der Waals surface area contributed by atoms with Gasteiger partial charge in [-0.05, 0) is 64.9 Å². The quantitative estimate of drug-likeness (QED) is 0.653. The van der Waals surface area contributed by atoms with Gasteiger partial charge in [0.05, 0.1) is 5.39 Å². The number of rotatable bonds is 3. The minimum atomic E-state index is -0.475. The Bertz CT molecular complexity index is 984. The number of fused-ring (bicyclic) bond motifs is 1. The maximum atomic E-state index is 12.6. The molecule has 32 heavy (non-hydrogen) atoms. The molecular formula is C25H37N5O2. The van der Waals surface area contributed by atoms with Gasteiger partial charge in [0.25, 0.3) is 0 Å². The average Bonchev–Trinajstić information content (AvgIpc) is 3.53. The van der Waals surface area contributed by atoms with Crippen LogP contribution in [0, 0.1) is 0 Å². The summed E-state index contributed by atoms with van der Waals surface area (Å²) in [6.07, 6.45) is 12.9. The number of nitrogens with zero attached hydrogens (tertiary/aromatic N) is 5. The minimum Gasteiger partial charge on any atom is -0.444 e. The first-order chi connectivity index (χ1) is 15.3. The van der Waals surface area contributed by atoms with Crippen molar-refractivity contribution < 1.29 is 9.53 Å². The Balaban J connectivity index is 1.44. The average molecular weight is 440 g/mol. The Labute approximate surface area is 191 Å². The molecule has 174 valence electrons. The van der Waals surface area contributed by atoms with E-state index in [4.69, 9.17) is 14.7 Å². The van der Waals surface area contributed by atoms with Crippen LogP contribution >= 0.6 is 0 Å². The fourth-order valence-electron chi connectivity index (χ4n) is 5.42. The van der Waals surface area contributed by atoms with Crippen molar-refractivity contribution in [2.45, 2.75) is 96.2 Å². The van der Waals surface area contributed by atoms with Crippen LogP contribution in [-0.2, 0) is 4.74 Å². The van der Waals surface area contributed by atoms with Crippen molar-refractivity contribution in [1.82, 2.24) is 19.4 Å². The number of anilines is 1. The number of carbonyl (C=O) groups is 1. The number of carbonyl (C=O) groups excluding carboxylic acids is 1. The van der Waals surface area contributed by atoms with Crippen LogP contribution in [0.5, 0.6) is 0 Å². The van der Waals surface area contributed by atoms with Gasteiger partial charge in [0.2, 0.25) is 0 Å². The third-order valence-electron chi connectivity index (χ3n) is 7.16. The first-order valence-corrected chi connectivity index (χ1v) is 12.4. The molecule has 2 aromatic heterocycles. The molecule has 0 radical (unpaired) electrons. The van der Waals surface area contributed by atoms with E-state index >= 15 is 0 Å². The molecule has 3 heterocycles. The molecule has 3 aliphatic rings. The molecule has 7 heteroatoms. The van der Waals surface area contributed by atoms with Crippen molar-refractivity contribution >= 4 is 22.9 Å². The van der Waals surface area contributed by atoms with Crippen LogP contribution < -0.4 is 4.90 Å². The Morgan fingerprint density at radius 2 is 1.81 bits per heavy atom. The zero-order valence-corrected chi connectivity index (χ0v) is 20.0. The van der Waals surface area contributed by atoms with Crippen LogP contribution in [-0.4, -0.2) is 56.8 Å². The highest BCUT2D eigenvalue weighted by atomic mass is 16.6. The molecule has 0 N–H and O–H groups in total. The topological polar surface area (TPSA) is 63.5 Å². The van der Waals surface area contributed by atoms with Gasteiger partial charge < -0.3 is 19.1 Å². The minimum absolute atomic E-state index is 0.166. The van der Waals surface area contributed by atoms with Gasteiger partial charge in [-0.15, -0.1) is 0 Å². The van der Waals surface area contributed by atoms with Crippen LogP contribution in [0.1, 0.15) is 90.2 Å². The summed E-state index contributed by atoms with van der Waals surface area (Å²) in [6.45, 7) is 9.97. The maximum Gasteiger partial charge on any atom is 0.410 e. The lowest BCUT2D eigenvalue weighted by molar-refractivity contribution is 0.0218. The second-order valence-corrected chi connectivity index (χ2v) is 10.9. The van der Waals surface area contributed by atoms with Crippen LogP contribution in [0.4, 0.5) is 10.6 Å². The molecule has 2 saturated carbocycles. The first kappa shape index (κ1) is 21.5. The molecular weight excluding hydrogens is 402 g/mol. The molecule has 1 saturated heterocycles. The molecule has 0 aromatic carbocycles. The molecule has 3 fully saturated rings. The predicted octanol–water partition coefficient (Wildman–Crippen LogP) is 5.26. The highest BCUT2D eigenvalue weighted by Gasteiger charge is 2.35. The van der Waals surface area contributed by atoms with E-state index in [1.807, 2.05) is 25.7 Å². The van der Waals surface area contributed by atoms with Gasteiger partial charge in [0, 0.05) is 37.9 Å². The van der Waals surface area contributed by atoms with E-state index < -0.39 is 5.60 Å². The van der Waals surface area contributed by atoms with Crippen LogP contribution in [0.25, 0.3) is 11.0 Å². The molecule has 1 aliphatic heterocycles.